The number of aryl methyl sites for hydroxylation is 1. The van der Waals surface area contributed by atoms with Crippen LogP contribution in [0, 0.1) is 6.92 Å². The van der Waals surface area contributed by atoms with Crippen LogP contribution in [-0.2, 0) is 4.79 Å². The van der Waals surface area contributed by atoms with Crippen molar-refractivity contribution in [2.24, 2.45) is 0 Å². The molecule has 1 aromatic rings. The van der Waals surface area contributed by atoms with Crippen LogP contribution in [0.15, 0.2) is 24.3 Å². The van der Waals surface area contributed by atoms with Crippen molar-refractivity contribution in [2.45, 2.75) is 39.2 Å². The third-order valence-corrected chi connectivity index (χ3v) is 3.62. The molecule has 1 saturated heterocycles. The van der Waals surface area contributed by atoms with Crippen molar-refractivity contribution in [1.29, 1.82) is 0 Å². The van der Waals surface area contributed by atoms with Crippen LogP contribution in [0.3, 0.4) is 0 Å². The molecule has 1 fully saturated rings. The van der Waals surface area contributed by atoms with Crippen LogP contribution in [-0.4, -0.2) is 23.8 Å². The van der Waals surface area contributed by atoms with Crippen LogP contribution in [0.5, 0.6) is 0 Å². The highest BCUT2D eigenvalue weighted by atomic mass is 16.1. The smallest absolute Gasteiger partial charge is 0.151 e. The topological polar surface area (TPSA) is 20.3 Å². The van der Waals surface area contributed by atoms with Crippen molar-refractivity contribution >= 4 is 5.78 Å². The molecule has 1 aromatic carbocycles. The van der Waals surface area contributed by atoms with Gasteiger partial charge in [-0.1, -0.05) is 30.7 Å². The first-order valence-electron chi connectivity index (χ1n) is 6.50. The minimum atomic E-state index is -0.0310. The van der Waals surface area contributed by atoms with E-state index in [1.807, 2.05) is 12.1 Å². The van der Waals surface area contributed by atoms with E-state index in [-0.39, 0.29) is 11.8 Å². The van der Waals surface area contributed by atoms with Crippen molar-refractivity contribution in [1.82, 2.24) is 4.90 Å². The van der Waals surface area contributed by atoms with Crippen molar-refractivity contribution in [3.05, 3.63) is 35.4 Å². The minimum Gasteiger partial charge on any atom is -0.298 e. The average molecular weight is 231 g/mol. The summed E-state index contributed by atoms with van der Waals surface area (Å²) in [5.74, 6) is 0.265. The van der Waals surface area contributed by atoms with Crippen molar-refractivity contribution < 1.29 is 4.79 Å². The normalized spacial score (nSPS) is 18.9. The van der Waals surface area contributed by atoms with Gasteiger partial charge in [-0.2, -0.15) is 0 Å². The van der Waals surface area contributed by atoms with Crippen molar-refractivity contribution in [3.63, 3.8) is 0 Å². The van der Waals surface area contributed by atoms with Crippen LogP contribution in [0.1, 0.15) is 43.4 Å². The Balaban J connectivity index is 2.28. The molecule has 0 bridgehead atoms. The van der Waals surface area contributed by atoms with E-state index >= 15 is 0 Å². The van der Waals surface area contributed by atoms with E-state index in [4.69, 9.17) is 0 Å². The number of hydrogen-bond acceptors (Lipinski definition) is 2. The molecule has 0 spiro atoms. The van der Waals surface area contributed by atoms with E-state index in [9.17, 15) is 4.79 Å². The predicted octanol–water partition coefficient (Wildman–Crippen LogP) is 3.11. The van der Waals surface area contributed by atoms with Gasteiger partial charge in [0.1, 0.15) is 0 Å². The van der Waals surface area contributed by atoms with Gasteiger partial charge in [0.2, 0.25) is 0 Å². The summed E-state index contributed by atoms with van der Waals surface area (Å²) in [6.07, 6.45) is 3.74. The molecular formula is C15H21NO. The first-order chi connectivity index (χ1) is 8.20. The van der Waals surface area contributed by atoms with Gasteiger partial charge in [0, 0.05) is 0 Å². The number of Topliss-reactive ketones (excluding diaryl/α,β-unsaturated/α-hetero) is 1. The molecule has 0 radical (unpaired) electrons. The summed E-state index contributed by atoms with van der Waals surface area (Å²) in [4.78, 5) is 14.3. The summed E-state index contributed by atoms with van der Waals surface area (Å²) >= 11 is 0. The van der Waals surface area contributed by atoms with Gasteiger partial charge in [0.15, 0.2) is 5.78 Å². The van der Waals surface area contributed by atoms with Gasteiger partial charge < -0.3 is 0 Å². The predicted molar refractivity (Wildman–Crippen MR) is 70.0 cm³/mol. The molecule has 1 unspecified atom stereocenters. The molecule has 0 aliphatic carbocycles. The fourth-order valence-corrected chi connectivity index (χ4v) is 2.74. The maximum atomic E-state index is 12.0. The molecule has 2 nitrogen and oxygen atoms in total. The molecule has 0 saturated carbocycles. The lowest BCUT2D eigenvalue weighted by atomic mass is 9.95. The molecule has 2 heteroatoms. The Morgan fingerprint density at radius 3 is 2.41 bits per heavy atom. The molecule has 1 aliphatic heterocycles. The van der Waals surface area contributed by atoms with Gasteiger partial charge in [-0.3, -0.25) is 9.69 Å². The van der Waals surface area contributed by atoms with Crippen molar-refractivity contribution in [2.75, 3.05) is 13.1 Å². The Morgan fingerprint density at radius 2 is 1.82 bits per heavy atom. The van der Waals surface area contributed by atoms with Gasteiger partial charge in [0.05, 0.1) is 6.04 Å². The first kappa shape index (κ1) is 12.3. The number of piperidine rings is 1. The minimum absolute atomic E-state index is 0.0310. The Hall–Kier alpha value is -1.15. The van der Waals surface area contributed by atoms with E-state index in [0.29, 0.717) is 0 Å². The second kappa shape index (κ2) is 5.46. The zero-order valence-corrected chi connectivity index (χ0v) is 10.8. The highest BCUT2D eigenvalue weighted by Gasteiger charge is 2.26. The quantitative estimate of drug-likeness (QED) is 0.796. The van der Waals surface area contributed by atoms with E-state index in [2.05, 4.69) is 24.0 Å². The number of ketones is 1. The summed E-state index contributed by atoms with van der Waals surface area (Å²) < 4.78 is 0. The highest BCUT2D eigenvalue weighted by molar-refractivity contribution is 5.83. The fraction of sp³-hybridized carbons (Fsp3) is 0.533. The number of benzene rings is 1. The summed E-state index contributed by atoms with van der Waals surface area (Å²) in [6, 6.07) is 8.22. The summed E-state index contributed by atoms with van der Waals surface area (Å²) in [7, 11) is 0. The second-order valence-electron chi connectivity index (χ2n) is 4.97. The maximum absolute atomic E-state index is 12.0. The third kappa shape index (κ3) is 2.75. The Labute approximate surface area is 104 Å². The van der Waals surface area contributed by atoms with Gasteiger partial charge in [-0.05, 0) is 50.9 Å². The standard InChI is InChI=1S/C15H21NO/c1-12-8-4-5-9-14(12)15(13(2)17)16-10-6-3-7-11-16/h4-5,8-9,15H,3,6-7,10-11H2,1-2H3. The molecule has 2 rings (SSSR count). The molecule has 1 atom stereocenters. The van der Waals surface area contributed by atoms with Crippen LogP contribution in [0.2, 0.25) is 0 Å². The first-order valence-corrected chi connectivity index (χ1v) is 6.50. The average Bonchev–Trinajstić information content (AvgIpc) is 2.33. The highest BCUT2D eigenvalue weighted by Crippen LogP contribution is 2.27. The molecule has 1 heterocycles. The molecule has 0 amide bonds. The zero-order valence-electron chi connectivity index (χ0n) is 10.8. The van der Waals surface area contributed by atoms with Crippen LogP contribution >= 0.6 is 0 Å². The Kier molecular flexibility index (Phi) is 3.95. The molecule has 1 aliphatic rings. The van der Waals surface area contributed by atoms with Gasteiger partial charge in [-0.25, -0.2) is 0 Å². The largest absolute Gasteiger partial charge is 0.298 e. The maximum Gasteiger partial charge on any atom is 0.151 e. The molecular weight excluding hydrogens is 210 g/mol. The summed E-state index contributed by atoms with van der Waals surface area (Å²) in [6.45, 7) is 5.91. The number of nitrogens with zero attached hydrogens (tertiary/aromatic N) is 1. The van der Waals surface area contributed by atoms with Crippen LogP contribution < -0.4 is 0 Å². The zero-order chi connectivity index (χ0) is 12.3. The number of rotatable bonds is 3. The molecule has 0 N–H and O–H groups in total. The number of hydrogen-bond donors (Lipinski definition) is 0. The fourth-order valence-electron chi connectivity index (χ4n) is 2.74. The van der Waals surface area contributed by atoms with E-state index in [1.165, 1.54) is 30.4 Å². The van der Waals surface area contributed by atoms with Crippen LogP contribution in [0.4, 0.5) is 0 Å². The molecule has 92 valence electrons. The van der Waals surface area contributed by atoms with E-state index in [0.717, 1.165) is 13.1 Å². The van der Waals surface area contributed by atoms with Crippen molar-refractivity contribution in [3.8, 4) is 0 Å². The van der Waals surface area contributed by atoms with E-state index < -0.39 is 0 Å². The molecule has 0 aromatic heterocycles. The Morgan fingerprint density at radius 1 is 1.18 bits per heavy atom. The van der Waals surface area contributed by atoms with E-state index in [1.54, 1.807) is 6.92 Å². The third-order valence-electron chi connectivity index (χ3n) is 3.62. The van der Waals surface area contributed by atoms with Gasteiger partial charge in [-0.15, -0.1) is 0 Å². The number of likely N-dealkylation sites (tertiary alicyclic amines) is 1. The lowest BCUT2D eigenvalue weighted by Gasteiger charge is -2.34. The SMILES string of the molecule is CC(=O)C(c1ccccc1C)N1CCCCC1. The van der Waals surface area contributed by atoms with Gasteiger partial charge >= 0.3 is 0 Å². The van der Waals surface area contributed by atoms with Crippen LogP contribution in [0.25, 0.3) is 0 Å². The second-order valence-corrected chi connectivity index (χ2v) is 4.97. The summed E-state index contributed by atoms with van der Waals surface area (Å²) in [5.41, 5.74) is 2.40. The lowest BCUT2D eigenvalue weighted by molar-refractivity contribution is -0.122. The monoisotopic (exact) mass is 231 g/mol. The summed E-state index contributed by atoms with van der Waals surface area (Å²) in [5, 5.41) is 0. The Bertz CT molecular complexity index is 394. The number of carbonyl (C=O) groups is 1. The lowest BCUT2D eigenvalue weighted by Crippen LogP contribution is -2.37. The molecule has 17 heavy (non-hydrogen) atoms. The van der Waals surface area contributed by atoms with Gasteiger partial charge in [0.25, 0.3) is 0 Å². The number of carbonyl (C=O) groups excluding carboxylic acids is 1.